The van der Waals surface area contributed by atoms with E-state index in [1.165, 1.54) is 0 Å². The van der Waals surface area contributed by atoms with Crippen molar-refractivity contribution in [3.8, 4) is 0 Å². The fraction of sp³-hybridized carbons (Fsp3) is 0.562. The molecule has 26 heavy (non-hydrogen) atoms. The monoisotopic (exact) mass is 372 g/mol. The van der Waals surface area contributed by atoms with Gasteiger partial charge in [0.15, 0.2) is 0 Å². The number of anilines is 1. The first kappa shape index (κ1) is 18.3. The van der Waals surface area contributed by atoms with E-state index in [1.807, 2.05) is 0 Å². The molecule has 2 aliphatic heterocycles. The molecule has 0 N–H and O–H groups in total. The van der Waals surface area contributed by atoms with Crippen LogP contribution in [-0.4, -0.2) is 60.0 Å². The molecule has 0 saturated carbocycles. The lowest BCUT2D eigenvalue weighted by Gasteiger charge is -2.37. The van der Waals surface area contributed by atoms with Gasteiger partial charge in [0, 0.05) is 45.3 Å². The minimum Gasteiger partial charge on any atom is -0.362 e. The molecule has 0 radical (unpaired) electrons. The lowest BCUT2D eigenvalue weighted by Crippen LogP contribution is -2.52. The SMILES string of the molecule is O=C(N1CCCC1)N1CCN(c2ccc(C(F)(F)F)cc2[N+](=O)[O-])CC1. The molecule has 2 amide bonds. The van der Waals surface area contributed by atoms with E-state index < -0.39 is 22.4 Å². The van der Waals surface area contributed by atoms with Crippen LogP contribution in [0.15, 0.2) is 18.2 Å². The van der Waals surface area contributed by atoms with Crippen molar-refractivity contribution in [2.75, 3.05) is 44.2 Å². The zero-order valence-corrected chi connectivity index (χ0v) is 14.0. The van der Waals surface area contributed by atoms with Gasteiger partial charge in [0.25, 0.3) is 5.69 Å². The Morgan fingerprint density at radius 2 is 1.58 bits per heavy atom. The second-order valence-corrected chi connectivity index (χ2v) is 6.41. The molecule has 10 heteroatoms. The van der Waals surface area contributed by atoms with Crippen LogP contribution in [0.25, 0.3) is 0 Å². The van der Waals surface area contributed by atoms with E-state index in [0.29, 0.717) is 32.2 Å². The molecule has 2 heterocycles. The summed E-state index contributed by atoms with van der Waals surface area (Å²) in [6.07, 6.45) is -2.66. The first-order chi connectivity index (χ1) is 12.3. The topological polar surface area (TPSA) is 69.9 Å². The molecule has 1 aromatic rings. The number of likely N-dealkylation sites (tertiary alicyclic amines) is 1. The maximum atomic E-state index is 12.8. The van der Waals surface area contributed by atoms with Crippen LogP contribution in [0.2, 0.25) is 0 Å². The number of hydrogen-bond acceptors (Lipinski definition) is 4. The van der Waals surface area contributed by atoms with Crippen molar-refractivity contribution in [2.45, 2.75) is 19.0 Å². The number of benzene rings is 1. The van der Waals surface area contributed by atoms with Crippen molar-refractivity contribution in [3.63, 3.8) is 0 Å². The van der Waals surface area contributed by atoms with Crippen LogP contribution in [0.5, 0.6) is 0 Å². The minimum atomic E-state index is -4.63. The summed E-state index contributed by atoms with van der Waals surface area (Å²) in [7, 11) is 0. The number of rotatable bonds is 2. The molecule has 7 nitrogen and oxygen atoms in total. The van der Waals surface area contributed by atoms with Crippen molar-refractivity contribution in [1.82, 2.24) is 9.80 Å². The highest BCUT2D eigenvalue weighted by atomic mass is 19.4. The fourth-order valence-corrected chi connectivity index (χ4v) is 3.36. The third kappa shape index (κ3) is 3.68. The van der Waals surface area contributed by atoms with E-state index in [0.717, 1.165) is 38.1 Å². The van der Waals surface area contributed by atoms with Gasteiger partial charge in [-0.1, -0.05) is 0 Å². The van der Waals surface area contributed by atoms with E-state index >= 15 is 0 Å². The number of alkyl halides is 3. The zero-order chi connectivity index (χ0) is 18.9. The molecule has 2 saturated heterocycles. The van der Waals surface area contributed by atoms with Crippen LogP contribution < -0.4 is 4.90 Å². The van der Waals surface area contributed by atoms with Gasteiger partial charge in [-0.3, -0.25) is 10.1 Å². The molecule has 0 unspecified atom stereocenters. The van der Waals surface area contributed by atoms with Crippen LogP contribution in [0, 0.1) is 10.1 Å². The third-order valence-electron chi connectivity index (χ3n) is 4.77. The van der Waals surface area contributed by atoms with E-state index in [-0.39, 0.29) is 11.7 Å². The van der Waals surface area contributed by atoms with Gasteiger partial charge in [0.05, 0.1) is 10.5 Å². The van der Waals surface area contributed by atoms with Crippen molar-refractivity contribution in [3.05, 3.63) is 33.9 Å². The van der Waals surface area contributed by atoms with Gasteiger partial charge >= 0.3 is 12.2 Å². The molecule has 0 aromatic heterocycles. The van der Waals surface area contributed by atoms with Crippen LogP contribution in [-0.2, 0) is 6.18 Å². The number of nitro groups is 1. The Labute approximate surface area is 148 Å². The van der Waals surface area contributed by atoms with Gasteiger partial charge in [-0.15, -0.1) is 0 Å². The molecule has 3 rings (SSSR count). The fourth-order valence-electron chi connectivity index (χ4n) is 3.36. The van der Waals surface area contributed by atoms with Crippen molar-refractivity contribution in [2.24, 2.45) is 0 Å². The highest BCUT2D eigenvalue weighted by Gasteiger charge is 2.35. The number of halogens is 3. The molecule has 0 bridgehead atoms. The smallest absolute Gasteiger partial charge is 0.362 e. The predicted octanol–water partition coefficient (Wildman–Crippen LogP) is 2.95. The van der Waals surface area contributed by atoms with Crippen LogP contribution in [0.4, 0.5) is 29.3 Å². The number of urea groups is 1. The minimum absolute atomic E-state index is 0.0379. The molecule has 2 aliphatic rings. The quantitative estimate of drug-likeness (QED) is 0.591. The number of piperazine rings is 1. The lowest BCUT2D eigenvalue weighted by molar-refractivity contribution is -0.384. The summed E-state index contributed by atoms with van der Waals surface area (Å²) in [6.45, 7) is 2.92. The van der Waals surface area contributed by atoms with E-state index in [2.05, 4.69) is 0 Å². The lowest BCUT2D eigenvalue weighted by atomic mass is 10.1. The molecular weight excluding hydrogens is 353 g/mol. The Kier molecular flexibility index (Phi) is 4.92. The molecule has 0 spiro atoms. The molecule has 0 aliphatic carbocycles. The Morgan fingerprint density at radius 3 is 2.12 bits per heavy atom. The Bertz CT molecular complexity index is 696. The molecule has 142 valence electrons. The van der Waals surface area contributed by atoms with E-state index in [9.17, 15) is 28.1 Å². The second kappa shape index (κ2) is 7.00. The normalized spacial score (nSPS) is 18.3. The Balaban J connectivity index is 1.72. The molecule has 0 atom stereocenters. The largest absolute Gasteiger partial charge is 0.416 e. The van der Waals surface area contributed by atoms with E-state index in [4.69, 9.17) is 0 Å². The van der Waals surface area contributed by atoms with Crippen molar-refractivity contribution < 1.29 is 22.9 Å². The molecular formula is C16H19F3N4O3. The number of amides is 2. The standard InChI is InChI=1S/C16H19F3N4O3/c17-16(18,19)12-3-4-13(14(11-12)23(25)26)20-7-9-22(10-8-20)15(24)21-5-1-2-6-21/h3-4,11H,1-2,5-10H2. The van der Waals surface area contributed by atoms with Gasteiger partial charge in [0.1, 0.15) is 5.69 Å². The van der Waals surface area contributed by atoms with Gasteiger partial charge < -0.3 is 14.7 Å². The van der Waals surface area contributed by atoms with Crippen LogP contribution in [0.3, 0.4) is 0 Å². The average Bonchev–Trinajstić information content (AvgIpc) is 3.14. The number of nitrogens with zero attached hydrogens (tertiary/aromatic N) is 4. The second-order valence-electron chi connectivity index (χ2n) is 6.41. The zero-order valence-electron chi connectivity index (χ0n) is 14.0. The van der Waals surface area contributed by atoms with Crippen LogP contribution in [0.1, 0.15) is 18.4 Å². The Hall–Kier alpha value is -2.52. The highest BCUT2D eigenvalue weighted by molar-refractivity contribution is 5.75. The predicted molar refractivity (Wildman–Crippen MR) is 88.1 cm³/mol. The summed E-state index contributed by atoms with van der Waals surface area (Å²) in [5, 5.41) is 11.2. The molecule has 2 fully saturated rings. The average molecular weight is 372 g/mol. The molecule has 1 aromatic carbocycles. The number of carbonyl (C=O) groups is 1. The summed E-state index contributed by atoms with van der Waals surface area (Å²) >= 11 is 0. The summed E-state index contributed by atoms with van der Waals surface area (Å²) in [5.74, 6) is 0. The maximum Gasteiger partial charge on any atom is 0.416 e. The number of hydrogen-bond donors (Lipinski definition) is 0. The summed E-state index contributed by atoms with van der Waals surface area (Å²) in [6, 6.07) is 2.52. The summed E-state index contributed by atoms with van der Waals surface area (Å²) in [4.78, 5) is 27.9. The van der Waals surface area contributed by atoms with Crippen molar-refractivity contribution >= 4 is 17.4 Å². The first-order valence-corrected chi connectivity index (χ1v) is 8.42. The van der Waals surface area contributed by atoms with Gasteiger partial charge in [-0.25, -0.2) is 4.79 Å². The van der Waals surface area contributed by atoms with Crippen LogP contribution >= 0.6 is 0 Å². The third-order valence-corrected chi connectivity index (χ3v) is 4.77. The summed E-state index contributed by atoms with van der Waals surface area (Å²) < 4.78 is 38.4. The summed E-state index contributed by atoms with van der Waals surface area (Å²) in [5.41, 5.74) is -1.47. The van der Waals surface area contributed by atoms with Crippen molar-refractivity contribution in [1.29, 1.82) is 0 Å². The first-order valence-electron chi connectivity index (χ1n) is 8.42. The number of nitro benzene ring substituents is 1. The maximum absolute atomic E-state index is 12.8. The Morgan fingerprint density at radius 1 is 1.00 bits per heavy atom. The van der Waals surface area contributed by atoms with Gasteiger partial charge in [-0.05, 0) is 25.0 Å². The number of carbonyl (C=O) groups excluding carboxylic acids is 1. The van der Waals surface area contributed by atoms with E-state index in [1.54, 1.807) is 14.7 Å². The van der Waals surface area contributed by atoms with Gasteiger partial charge in [0.2, 0.25) is 0 Å². The van der Waals surface area contributed by atoms with Gasteiger partial charge in [-0.2, -0.15) is 13.2 Å². The highest BCUT2D eigenvalue weighted by Crippen LogP contribution is 2.36.